The van der Waals surface area contributed by atoms with Gasteiger partial charge < -0.3 is 5.32 Å². The standard InChI is InChI=1S/C11H15ClN2O2/c1-7(8(2)13-3)10-6-9(12)4-5-11(10)14(15)16/h4-8,13H,1-3H3. The summed E-state index contributed by atoms with van der Waals surface area (Å²) in [5.74, 6) is 0.0316. The summed E-state index contributed by atoms with van der Waals surface area (Å²) in [4.78, 5) is 10.5. The molecular formula is C11H15ClN2O2. The van der Waals surface area contributed by atoms with E-state index in [1.165, 1.54) is 6.07 Å². The van der Waals surface area contributed by atoms with Gasteiger partial charge in [0.2, 0.25) is 0 Å². The van der Waals surface area contributed by atoms with Crippen LogP contribution in [0.4, 0.5) is 5.69 Å². The van der Waals surface area contributed by atoms with Crippen molar-refractivity contribution < 1.29 is 4.92 Å². The number of nitro groups is 1. The maximum atomic E-state index is 10.9. The molecule has 0 spiro atoms. The van der Waals surface area contributed by atoms with E-state index in [9.17, 15) is 10.1 Å². The summed E-state index contributed by atoms with van der Waals surface area (Å²) in [6, 6.07) is 4.81. The van der Waals surface area contributed by atoms with Crippen LogP contribution in [0.25, 0.3) is 0 Å². The minimum Gasteiger partial charge on any atom is -0.317 e. The van der Waals surface area contributed by atoms with Crippen LogP contribution < -0.4 is 5.32 Å². The molecule has 16 heavy (non-hydrogen) atoms. The molecular weight excluding hydrogens is 228 g/mol. The summed E-state index contributed by atoms with van der Waals surface area (Å²) in [5, 5.41) is 14.5. The summed E-state index contributed by atoms with van der Waals surface area (Å²) in [6.45, 7) is 3.93. The second kappa shape index (κ2) is 5.27. The van der Waals surface area contributed by atoms with Gasteiger partial charge in [0.25, 0.3) is 5.69 Å². The van der Waals surface area contributed by atoms with Crippen molar-refractivity contribution in [2.45, 2.75) is 25.8 Å². The Morgan fingerprint density at radius 1 is 1.44 bits per heavy atom. The van der Waals surface area contributed by atoms with Gasteiger partial charge in [0.05, 0.1) is 4.92 Å². The lowest BCUT2D eigenvalue weighted by atomic mass is 9.93. The molecule has 88 valence electrons. The van der Waals surface area contributed by atoms with Crippen LogP contribution in [0.15, 0.2) is 18.2 Å². The fraction of sp³-hybridized carbons (Fsp3) is 0.455. The van der Waals surface area contributed by atoms with E-state index >= 15 is 0 Å². The predicted octanol–water partition coefficient (Wildman–Crippen LogP) is 2.96. The van der Waals surface area contributed by atoms with Gasteiger partial charge >= 0.3 is 0 Å². The third kappa shape index (κ3) is 2.71. The molecule has 0 fully saturated rings. The SMILES string of the molecule is CNC(C)C(C)c1cc(Cl)ccc1[N+](=O)[O-]. The number of nitrogens with one attached hydrogen (secondary N) is 1. The van der Waals surface area contributed by atoms with Crippen LogP contribution in [0.3, 0.4) is 0 Å². The van der Waals surface area contributed by atoms with Crippen LogP contribution in [0.2, 0.25) is 5.02 Å². The fourth-order valence-electron chi connectivity index (χ4n) is 1.58. The monoisotopic (exact) mass is 242 g/mol. The summed E-state index contributed by atoms with van der Waals surface area (Å²) in [5.41, 5.74) is 0.790. The maximum Gasteiger partial charge on any atom is 0.273 e. The Morgan fingerprint density at radius 2 is 2.06 bits per heavy atom. The van der Waals surface area contributed by atoms with E-state index in [4.69, 9.17) is 11.6 Å². The Hall–Kier alpha value is -1.13. The number of nitro benzene ring substituents is 1. The topological polar surface area (TPSA) is 55.2 Å². The fourth-order valence-corrected chi connectivity index (χ4v) is 1.76. The lowest BCUT2D eigenvalue weighted by Gasteiger charge is -2.19. The Morgan fingerprint density at radius 3 is 2.56 bits per heavy atom. The lowest BCUT2D eigenvalue weighted by molar-refractivity contribution is -0.385. The molecule has 0 heterocycles. The minimum atomic E-state index is -0.370. The van der Waals surface area contributed by atoms with Gasteiger partial charge in [-0.25, -0.2) is 0 Å². The van der Waals surface area contributed by atoms with Crippen molar-refractivity contribution in [2.75, 3.05) is 7.05 Å². The second-order valence-electron chi connectivity index (χ2n) is 3.83. The molecule has 0 bridgehead atoms. The van der Waals surface area contributed by atoms with Gasteiger partial charge in [-0.2, -0.15) is 0 Å². The lowest BCUT2D eigenvalue weighted by Crippen LogP contribution is -2.27. The van der Waals surface area contributed by atoms with Crippen molar-refractivity contribution in [3.8, 4) is 0 Å². The van der Waals surface area contributed by atoms with Crippen molar-refractivity contribution in [1.29, 1.82) is 0 Å². The Balaban J connectivity index is 3.19. The van der Waals surface area contributed by atoms with E-state index < -0.39 is 0 Å². The van der Waals surface area contributed by atoms with Crippen LogP contribution in [0.5, 0.6) is 0 Å². The molecule has 0 saturated carbocycles. The van der Waals surface area contributed by atoms with Gasteiger partial charge in [0.15, 0.2) is 0 Å². The first-order valence-corrected chi connectivity index (χ1v) is 5.46. The maximum absolute atomic E-state index is 10.9. The Bertz CT molecular complexity index is 396. The number of benzene rings is 1. The molecule has 5 heteroatoms. The van der Waals surface area contributed by atoms with E-state index in [2.05, 4.69) is 5.32 Å². The van der Waals surface area contributed by atoms with Gasteiger partial charge in [-0.3, -0.25) is 10.1 Å². The first-order chi connectivity index (χ1) is 7.47. The second-order valence-corrected chi connectivity index (χ2v) is 4.26. The average Bonchev–Trinajstić information content (AvgIpc) is 2.26. The van der Waals surface area contributed by atoms with E-state index in [0.717, 1.165) is 0 Å². The highest BCUT2D eigenvalue weighted by Crippen LogP contribution is 2.31. The zero-order valence-electron chi connectivity index (χ0n) is 9.53. The average molecular weight is 243 g/mol. The zero-order chi connectivity index (χ0) is 12.3. The molecule has 0 aliphatic carbocycles. The third-order valence-electron chi connectivity index (χ3n) is 2.88. The van der Waals surface area contributed by atoms with Gasteiger partial charge in [-0.1, -0.05) is 18.5 Å². The van der Waals surface area contributed by atoms with Crippen LogP contribution >= 0.6 is 11.6 Å². The van der Waals surface area contributed by atoms with Gasteiger partial charge in [0, 0.05) is 28.6 Å². The van der Waals surface area contributed by atoms with Gasteiger partial charge in [-0.15, -0.1) is 0 Å². The molecule has 0 aliphatic heterocycles. The van der Waals surface area contributed by atoms with Crippen molar-refractivity contribution in [1.82, 2.24) is 5.32 Å². The number of hydrogen-bond acceptors (Lipinski definition) is 3. The van der Waals surface area contributed by atoms with Crippen LogP contribution in [0, 0.1) is 10.1 Å². The molecule has 0 radical (unpaired) electrons. The molecule has 0 saturated heterocycles. The molecule has 2 atom stereocenters. The van der Waals surface area contributed by atoms with Gasteiger partial charge in [0.1, 0.15) is 0 Å². The highest BCUT2D eigenvalue weighted by atomic mass is 35.5. The smallest absolute Gasteiger partial charge is 0.273 e. The molecule has 0 aliphatic rings. The summed E-state index contributed by atoms with van der Waals surface area (Å²) in [6.07, 6.45) is 0. The minimum absolute atomic E-state index is 0.0316. The molecule has 0 amide bonds. The number of nitrogens with zero attached hydrogens (tertiary/aromatic N) is 1. The first-order valence-electron chi connectivity index (χ1n) is 5.08. The van der Waals surface area contributed by atoms with Crippen LogP contribution in [-0.4, -0.2) is 18.0 Å². The van der Waals surface area contributed by atoms with E-state index in [-0.39, 0.29) is 22.6 Å². The Kier molecular flexibility index (Phi) is 4.26. The van der Waals surface area contributed by atoms with Crippen LogP contribution in [0.1, 0.15) is 25.3 Å². The van der Waals surface area contributed by atoms with Crippen molar-refractivity contribution in [3.05, 3.63) is 38.9 Å². The molecule has 1 N–H and O–H groups in total. The molecule has 4 nitrogen and oxygen atoms in total. The predicted molar refractivity (Wildman–Crippen MR) is 65.0 cm³/mol. The Labute approximate surface area is 99.8 Å². The molecule has 0 aromatic heterocycles. The highest BCUT2D eigenvalue weighted by Gasteiger charge is 2.22. The summed E-state index contributed by atoms with van der Waals surface area (Å²) < 4.78 is 0. The highest BCUT2D eigenvalue weighted by molar-refractivity contribution is 6.30. The quantitative estimate of drug-likeness (QED) is 0.652. The molecule has 1 aromatic carbocycles. The number of halogens is 1. The van der Waals surface area contributed by atoms with E-state index in [1.807, 2.05) is 20.9 Å². The number of likely N-dealkylation sites (N-methyl/N-ethyl adjacent to an activating group) is 1. The van der Waals surface area contributed by atoms with Crippen molar-refractivity contribution >= 4 is 17.3 Å². The van der Waals surface area contributed by atoms with Crippen molar-refractivity contribution in [2.24, 2.45) is 0 Å². The van der Waals surface area contributed by atoms with Crippen molar-refractivity contribution in [3.63, 3.8) is 0 Å². The largest absolute Gasteiger partial charge is 0.317 e. The normalized spacial score (nSPS) is 14.5. The molecule has 1 aromatic rings. The summed E-state index contributed by atoms with van der Waals surface area (Å²) >= 11 is 5.87. The summed E-state index contributed by atoms with van der Waals surface area (Å²) in [7, 11) is 1.83. The van der Waals surface area contributed by atoms with Crippen LogP contribution in [-0.2, 0) is 0 Å². The third-order valence-corrected chi connectivity index (χ3v) is 3.12. The van der Waals surface area contributed by atoms with Gasteiger partial charge in [-0.05, 0) is 26.1 Å². The zero-order valence-corrected chi connectivity index (χ0v) is 10.3. The number of hydrogen-bond donors (Lipinski definition) is 1. The molecule has 1 rings (SSSR count). The van der Waals surface area contributed by atoms with E-state index in [0.29, 0.717) is 10.6 Å². The van der Waals surface area contributed by atoms with E-state index in [1.54, 1.807) is 12.1 Å². The number of rotatable bonds is 4. The first kappa shape index (κ1) is 12.9. The molecule has 2 unspecified atom stereocenters.